The number of carbonyl (C=O) groups excluding carboxylic acids is 1. The van der Waals surface area contributed by atoms with Gasteiger partial charge in [-0.25, -0.2) is 0 Å². The van der Waals surface area contributed by atoms with E-state index in [1.807, 2.05) is 7.05 Å². The predicted molar refractivity (Wildman–Crippen MR) is 71.1 cm³/mol. The molecule has 0 saturated carbocycles. The molecule has 1 amide bonds. The lowest BCUT2D eigenvalue weighted by Gasteiger charge is -2.31. The monoisotopic (exact) mass is 302 g/mol. The molecule has 0 bridgehead atoms. The van der Waals surface area contributed by atoms with Crippen LogP contribution in [-0.2, 0) is 0 Å². The summed E-state index contributed by atoms with van der Waals surface area (Å²) in [5, 5.41) is 0. The largest absolute Gasteiger partial charge is 0.573 e. The van der Waals surface area contributed by atoms with Crippen molar-refractivity contribution in [1.82, 2.24) is 4.90 Å². The van der Waals surface area contributed by atoms with Crippen molar-refractivity contribution < 1.29 is 22.7 Å². The molecule has 2 N–H and O–H groups in total. The number of benzene rings is 1. The molecule has 1 aromatic rings. The van der Waals surface area contributed by atoms with Gasteiger partial charge in [0, 0.05) is 11.1 Å². The second-order valence-electron chi connectivity index (χ2n) is 5.21. The van der Waals surface area contributed by atoms with E-state index in [0.29, 0.717) is 12.8 Å². The fourth-order valence-electron chi connectivity index (χ4n) is 2.69. The fourth-order valence-corrected chi connectivity index (χ4v) is 2.69. The van der Waals surface area contributed by atoms with Crippen LogP contribution in [0.1, 0.15) is 34.7 Å². The van der Waals surface area contributed by atoms with Gasteiger partial charge in [0.2, 0.25) is 5.91 Å². The summed E-state index contributed by atoms with van der Waals surface area (Å²) >= 11 is 0. The summed E-state index contributed by atoms with van der Waals surface area (Å²) in [6.45, 7) is 1.51. The molecule has 0 atom stereocenters. The number of rotatable bonds is 3. The Labute approximate surface area is 120 Å². The zero-order valence-corrected chi connectivity index (χ0v) is 11.6. The number of hydrogen-bond acceptors (Lipinski definition) is 3. The van der Waals surface area contributed by atoms with Crippen LogP contribution in [0.25, 0.3) is 0 Å². The molecule has 1 aromatic carbocycles. The summed E-state index contributed by atoms with van der Waals surface area (Å²) in [6, 6.07) is 4.02. The van der Waals surface area contributed by atoms with Crippen LogP contribution in [0, 0.1) is 0 Å². The van der Waals surface area contributed by atoms with Crippen LogP contribution < -0.4 is 10.5 Å². The van der Waals surface area contributed by atoms with E-state index in [1.54, 1.807) is 0 Å². The van der Waals surface area contributed by atoms with Crippen LogP contribution in [0.3, 0.4) is 0 Å². The predicted octanol–water partition coefficient (Wildman–Crippen LogP) is 2.49. The summed E-state index contributed by atoms with van der Waals surface area (Å²) < 4.78 is 41.7. The smallest absolute Gasteiger partial charge is 0.405 e. The van der Waals surface area contributed by atoms with Crippen molar-refractivity contribution in [3.05, 3.63) is 29.3 Å². The maximum absolute atomic E-state index is 12.5. The van der Waals surface area contributed by atoms with Crippen molar-refractivity contribution in [2.75, 3.05) is 20.1 Å². The number of amides is 1. The fraction of sp³-hybridized carbons (Fsp3) is 0.500. The molecule has 1 aliphatic rings. The first kappa shape index (κ1) is 15.6. The number of ether oxygens (including phenoxy) is 1. The standard InChI is InChI=1S/C14H17F3N2O2/c1-19-7-5-9(6-8-19)12-10(13(18)20)3-2-4-11(12)21-14(15,16)17/h2-4,9H,5-8H2,1H3,(H2,18,20). The Morgan fingerprint density at radius 1 is 1.33 bits per heavy atom. The van der Waals surface area contributed by atoms with Gasteiger partial charge in [-0.1, -0.05) is 6.07 Å². The van der Waals surface area contributed by atoms with Crippen LogP contribution in [0.2, 0.25) is 0 Å². The number of piperidine rings is 1. The highest BCUT2D eigenvalue weighted by molar-refractivity contribution is 5.95. The van der Waals surface area contributed by atoms with Gasteiger partial charge in [0.1, 0.15) is 5.75 Å². The van der Waals surface area contributed by atoms with E-state index in [1.165, 1.54) is 18.2 Å². The van der Waals surface area contributed by atoms with Gasteiger partial charge < -0.3 is 15.4 Å². The highest BCUT2D eigenvalue weighted by Crippen LogP contribution is 2.38. The Hall–Kier alpha value is -1.76. The lowest BCUT2D eigenvalue weighted by molar-refractivity contribution is -0.275. The second kappa shape index (κ2) is 5.93. The van der Waals surface area contributed by atoms with E-state index in [-0.39, 0.29) is 22.8 Å². The summed E-state index contributed by atoms with van der Waals surface area (Å²) in [5.74, 6) is -1.23. The minimum absolute atomic E-state index is 0.103. The van der Waals surface area contributed by atoms with Gasteiger partial charge in [-0.05, 0) is 51.0 Å². The van der Waals surface area contributed by atoms with Crippen LogP contribution in [0.5, 0.6) is 5.75 Å². The molecule has 21 heavy (non-hydrogen) atoms. The van der Waals surface area contributed by atoms with E-state index in [2.05, 4.69) is 9.64 Å². The Kier molecular flexibility index (Phi) is 4.41. The summed E-state index contributed by atoms with van der Waals surface area (Å²) in [5.41, 5.74) is 5.67. The number of hydrogen-bond donors (Lipinski definition) is 1. The lowest BCUT2D eigenvalue weighted by Crippen LogP contribution is -2.31. The molecule has 0 aromatic heterocycles. The Balaban J connectivity index is 2.41. The van der Waals surface area contributed by atoms with E-state index < -0.39 is 12.3 Å². The molecule has 116 valence electrons. The Morgan fingerprint density at radius 2 is 1.95 bits per heavy atom. The van der Waals surface area contributed by atoms with Crippen molar-refractivity contribution in [2.45, 2.75) is 25.1 Å². The molecular weight excluding hydrogens is 285 g/mol. The van der Waals surface area contributed by atoms with Crippen molar-refractivity contribution in [1.29, 1.82) is 0 Å². The van der Waals surface area contributed by atoms with Gasteiger partial charge in [-0.3, -0.25) is 4.79 Å². The van der Waals surface area contributed by atoms with Crippen molar-refractivity contribution in [3.8, 4) is 5.75 Å². The molecule has 0 radical (unpaired) electrons. The first-order valence-corrected chi connectivity index (χ1v) is 6.65. The van der Waals surface area contributed by atoms with E-state index >= 15 is 0 Å². The van der Waals surface area contributed by atoms with Crippen LogP contribution in [0.15, 0.2) is 18.2 Å². The van der Waals surface area contributed by atoms with Crippen LogP contribution in [0.4, 0.5) is 13.2 Å². The molecule has 0 unspecified atom stereocenters. The molecule has 7 heteroatoms. The Bertz CT molecular complexity index is 523. The maximum atomic E-state index is 12.5. The quantitative estimate of drug-likeness (QED) is 0.933. The minimum Gasteiger partial charge on any atom is -0.405 e. The van der Waals surface area contributed by atoms with Gasteiger partial charge in [0.05, 0.1) is 0 Å². The average molecular weight is 302 g/mol. The molecular formula is C14H17F3N2O2. The van der Waals surface area contributed by atoms with Gasteiger partial charge in [0.25, 0.3) is 0 Å². The number of nitrogens with zero attached hydrogens (tertiary/aromatic N) is 1. The summed E-state index contributed by atoms with van der Waals surface area (Å²) in [4.78, 5) is 13.6. The third-order valence-corrected chi connectivity index (χ3v) is 3.68. The number of halogens is 3. The van der Waals surface area contributed by atoms with Crippen LogP contribution >= 0.6 is 0 Å². The number of nitrogens with two attached hydrogens (primary N) is 1. The molecule has 1 aliphatic heterocycles. The number of likely N-dealkylation sites (tertiary alicyclic amines) is 1. The molecule has 0 spiro atoms. The molecule has 0 aliphatic carbocycles. The molecule has 1 saturated heterocycles. The SMILES string of the molecule is CN1CCC(c2c(OC(F)(F)F)cccc2C(N)=O)CC1. The second-order valence-corrected chi connectivity index (χ2v) is 5.21. The zero-order chi connectivity index (χ0) is 15.6. The zero-order valence-electron chi connectivity index (χ0n) is 11.6. The third kappa shape index (κ3) is 3.87. The molecule has 1 heterocycles. The Morgan fingerprint density at radius 3 is 2.48 bits per heavy atom. The van der Waals surface area contributed by atoms with Crippen molar-refractivity contribution in [3.63, 3.8) is 0 Å². The van der Waals surface area contributed by atoms with E-state index in [0.717, 1.165) is 13.1 Å². The van der Waals surface area contributed by atoms with E-state index in [4.69, 9.17) is 5.73 Å². The highest BCUT2D eigenvalue weighted by atomic mass is 19.4. The molecule has 4 nitrogen and oxygen atoms in total. The number of primary amides is 1. The van der Waals surface area contributed by atoms with Crippen LogP contribution in [-0.4, -0.2) is 37.3 Å². The van der Waals surface area contributed by atoms with Gasteiger partial charge in [0.15, 0.2) is 0 Å². The summed E-state index contributed by atoms with van der Waals surface area (Å²) in [7, 11) is 1.95. The normalized spacial score (nSPS) is 17.7. The first-order chi connectivity index (χ1) is 9.78. The van der Waals surface area contributed by atoms with Crippen molar-refractivity contribution in [2.24, 2.45) is 5.73 Å². The molecule has 1 fully saturated rings. The third-order valence-electron chi connectivity index (χ3n) is 3.68. The summed E-state index contributed by atoms with van der Waals surface area (Å²) in [6.07, 6.45) is -3.47. The topological polar surface area (TPSA) is 55.6 Å². The average Bonchev–Trinajstić information content (AvgIpc) is 2.38. The maximum Gasteiger partial charge on any atom is 0.573 e. The van der Waals surface area contributed by atoms with E-state index in [9.17, 15) is 18.0 Å². The van der Waals surface area contributed by atoms with Gasteiger partial charge in [-0.2, -0.15) is 0 Å². The van der Waals surface area contributed by atoms with Gasteiger partial charge in [-0.15, -0.1) is 13.2 Å². The first-order valence-electron chi connectivity index (χ1n) is 6.65. The minimum atomic E-state index is -4.80. The number of carbonyl (C=O) groups is 1. The molecule has 2 rings (SSSR count). The highest BCUT2D eigenvalue weighted by Gasteiger charge is 2.34. The number of alkyl halides is 3. The van der Waals surface area contributed by atoms with Gasteiger partial charge >= 0.3 is 6.36 Å². The lowest BCUT2D eigenvalue weighted by atomic mass is 9.85. The van der Waals surface area contributed by atoms with Crippen molar-refractivity contribution >= 4 is 5.91 Å².